The van der Waals surface area contributed by atoms with E-state index in [0.717, 1.165) is 0 Å². The summed E-state index contributed by atoms with van der Waals surface area (Å²) in [5.41, 5.74) is -1.93. The monoisotopic (exact) mass is 378 g/mol. The van der Waals surface area contributed by atoms with Crippen molar-refractivity contribution in [1.82, 2.24) is 19.9 Å². The Labute approximate surface area is 184 Å². The number of hydrogen-bond acceptors (Lipinski definition) is 6. The van der Waals surface area contributed by atoms with Gasteiger partial charge in [-0.05, 0) is 25.8 Å². The van der Waals surface area contributed by atoms with Crippen molar-refractivity contribution in [2.75, 3.05) is 14.1 Å². The predicted octanol–water partition coefficient (Wildman–Crippen LogP) is -1.07. The van der Waals surface area contributed by atoms with Crippen molar-refractivity contribution < 1.29 is 56.9 Å². The SMILES string of the molecule is [2H]c1nc(CS(=O)c2nc3ccc(OC)nc3[n-]2)c(C([2H])([2H])[2H])c(OC([2H])([2H])[2H])c1C([2H])([2H])[2H].[Na+]. The summed E-state index contributed by atoms with van der Waals surface area (Å²) in [7, 11) is -3.96. The van der Waals surface area contributed by atoms with E-state index in [2.05, 4.69) is 19.9 Å². The maximum absolute atomic E-state index is 13.0. The third-order valence-electron chi connectivity index (χ3n) is 3.07. The first-order chi connectivity index (χ1) is 15.5. The molecule has 0 radical (unpaired) electrons. The molecule has 0 aliphatic heterocycles. The average Bonchev–Trinajstić information content (AvgIpc) is 3.07. The fourth-order valence-corrected chi connectivity index (χ4v) is 2.88. The number of pyridine rings is 2. The minimum atomic E-state index is -3.23. The number of rotatable bonds is 5. The Morgan fingerprint density at radius 3 is 2.92 bits per heavy atom. The first kappa shape index (κ1) is 10.0. The summed E-state index contributed by atoms with van der Waals surface area (Å²) in [6.07, 6.45) is -0.931. The first-order valence-electron chi connectivity index (χ1n) is 11.5. The molecule has 1 unspecified atom stereocenters. The normalized spacial score (nSPS) is 19.2. The van der Waals surface area contributed by atoms with E-state index in [1.165, 1.54) is 19.2 Å². The van der Waals surface area contributed by atoms with Crippen molar-refractivity contribution in [2.45, 2.75) is 24.6 Å². The summed E-state index contributed by atoms with van der Waals surface area (Å²) in [5.74, 6) is -1.46. The van der Waals surface area contributed by atoms with Gasteiger partial charge in [-0.2, -0.15) is 0 Å². The standard InChI is InChI=1S/C16H17N4O3S.Na/c1-9-7-17-12(10(2)14(9)23-4)8-24(21)16-18-11-5-6-13(22-3)19-15(11)20-16;/h5-7H,8H2,1-4H3;/q-1;+1/i1D3,2D3,4D3,7D;. The van der Waals surface area contributed by atoms with Gasteiger partial charge in [0.15, 0.2) is 0 Å². The molecule has 0 aliphatic rings. The molecule has 0 saturated carbocycles. The van der Waals surface area contributed by atoms with E-state index in [1.807, 2.05) is 0 Å². The van der Waals surface area contributed by atoms with Gasteiger partial charge in [0, 0.05) is 36.7 Å². The number of hydrogen-bond donors (Lipinski definition) is 0. The van der Waals surface area contributed by atoms with E-state index in [9.17, 15) is 4.21 Å². The summed E-state index contributed by atoms with van der Waals surface area (Å²) in [6, 6.07) is 3.03. The second kappa shape index (κ2) is 8.27. The van der Waals surface area contributed by atoms with E-state index in [-0.39, 0.29) is 46.2 Å². The Hall–Kier alpha value is -1.48. The van der Waals surface area contributed by atoms with Crippen LogP contribution in [0.5, 0.6) is 11.6 Å². The molecular weight excluding hydrogens is 351 g/mol. The van der Waals surface area contributed by atoms with Gasteiger partial charge in [0.25, 0.3) is 0 Å². The van der Waals surface area contributed by atoms with Gasteiger partial charge in [0.05, 0.1) is 47.0 Å². The van der Waals surface area contributed by atoms with Gasteiger partial charge >= 0.3 is 29.6 Å². The number of fused-ring (bicyclic) bond motifs is 1. The molecule has 0 aliphatic carbocycles. The molecular formula is C16H17N4NaO3S. The van der Waals surface area contributed by atoms with Crippen LogP contribution in [-0.4, -0.2) is 33.3 Å². The third kappa shape index (κ3) is 4.03. The van der Waals surface area contributed by atoms with Gasteiger partial charge in [-0.15, -0.1) is 0 Å². The Bertz CT molecular complexity index is 1260. The Morgan fingerprint density at radius 2 is 2.20 bits per heavy atom. The first-order valence-corrected chi connectivity index (χ1v) is 7.80. The molecule has 0 N–H and O–H groups in total. The van der Waals surface area contributed by atoms with E-state index in [0.29, 0.717) is 5.52 Å². The predicted molar refractivity (Wildman–Crippen MR) is 89.8 cm³/mol. The van der Waals surface area contributed by atoms with Crippen LogP contribution in [0.2, 0.25) is 0 Å². The van der Waals surface area contributed by atoms with Crippen molar-refractivity contribution in [3.63, 3.8) is 0 Å². The van der Waals surface area contributed by atoms with Crippen molar-refractivity contribution in [3.05, 3.63) is 35.1 Å². The molecule has 1 atom stereocenters. The van der Waals surface area contributed by atoms with Crippen LogP contribution < -0.4 is 44.0 Å². The van der Waals surface area contributed by atoms with Crippen LogP contribution >= 0.6 is 0 Å². The minimum absolute atomic E-state index is 0. The second-order valence-electron chi connectivity index (χ2n) is 4.54. The molecule has 7 nitrogen and oxygen atoms in total. The van der Waals surface area contributed by atoms with Crippen molar-refractivity contribution in [2.24, 2.45) is 0 Å². The molecule has 3 heterocycles. The maximum atomic E-state index is 13.0. The topological polar surface area (TPSA) is 88.3 Å². The van der Waals surface area contributed by atoms with Crippen LogP contribution in [0.25, 0.3) is 11.2 Å². The smallest absolute Gasteiger partial charge is 0.496 e. The minimum Gasteiger partial charge on any atom is -0.496 e. The summed E-state index contributed by atoms with van der Waals surface area (Å²) in [6.45, 7) is -6.23. The average molecular weight is 378 g/mol. The van der Waals surface area contributed by atoms with Crippen LogP contribution in [0.15, 0.2) is 23.5 Å². The quantitative estimate of drug-likeness (QED) is 0.522. The fraction of sp³-hybridized carbons (Fsp3) is 0.312. The number of nitrogens with zero attached hydrogens (tertiary/aromatic N) is 4. The van der Waals surface area contributed by atoms with Crippen molar-refractivity contribution in [3.8, 4) is 11.6 Å². The number of methoxy groups -OCH3 is 2. The number of imidazole rings is 1. The van der Waals surface area contributed by atoms with E-state index in [4.69, 9.17) is 23.2 Å². The second-order valence-corrected chi connectivity index (χ2v) is 5.89. The molecule has 0 spiro atoms. The summed E-state index contributed by atoms with van der Waals surface area (Å²) in [5, 5.41) is -0.223. The zero-order chi connectivity index (χ0) is 25.6. The van der Waals surface area contributed by atoms with Gasteiger partial charge in [-0.3, -0.25) is 9.19 Å². The Kier molecular flexibility index (Phi) is 3.31. The van der Waals surface area contributed by atoms with Crippen molar-refractivity contribution >= 4 is 22.0 Å². The molecule has 0 saturated heterocycles. The summed E-state index contributed by atoms with van der Waals surface area (Å²) in [4.78, 5) is 15.9. The van der Waals surface area contributed by atoms with Crippen LogP contribution in [0, 0.1) is 13.7 Å². The molecule has 0 fully saturated rings. The zero-order valence-electron chi connectivity index (χ0n) is 23.3. The third-order valence-corrected chi connectivity index (χ3v) is 4.20. The van der Waals surface area contributed by atoms with E-state index in [1.54, 1.807) is 0 Å². The molecule has 9 heteroatoms. The molecule has 3 aromatic rings. The maximum Gasteiger partial charge on any atom is 1.00 e. The van der Waals surface area contributed by atoms with Crippen LogP contribution in [-0.2, 0) is 16.6 Å². The summed E-state index contributed by atoms with van der Waals surface area (Å²) >= 11 is 0. The fourth-order valence-electron chi connectivity index (χ4n) is 1.91. The van der Waals surface area contributed by atoms with Crippen LogP contribution in [0.3, 0.4) is 0 Å². The van der Waals surface area contributed by atoms with Gasteiger partial charge in [0.2, 0.25) is 0 Å². The van der Waals surface area contributed by atoms with Gasteiger partial charge in [0.1, 0.15) is 11.6 Å². The van der Waals surface area contributed by atoms with Crippen LogP contribution in [0.4, 0.5) is 0 Å². The Balaban J connectivity index is 0.00000432. The molecule has 0 bridgehead atoms. The summed E-state index contributed by atoms with van der Waals surface area (Å²) < 4.78 is 99.3. The van der Waals surface area contributed by atoms with Crippen molar-refractivity contribution in [1.29, 1.82) is 0 Å². The molecule has 3 rings (SSSR count). The van der Waals surface area contributed by atoms with Crippen LogP contribution in [0.1, 0.15) is 30.5 Å². The van der Waals surface area contributed by atoms with E-state index >= 15 is 0 Å². The van der Waals surface area contributed by atoms with Gasteiger partial charge in [-0.25, -0.2) is 0 Å². The molecule has 3 aromatic heterocycles. The largest absolute Gasteiger partial charge is 1.00 e. The molecule has 0 amide bonds. The molecule has 25 heavy (non-hydrogen) atoms. The number of aromatic nitrogens is 4. The van der Waals surface area contributed by atoms with Gasteiger partial charge < -0.3 is 24.4 Å². The van der Waals surface area contributed by atoms with Gasteiger partial charge in [-0.1, -0.05) is 0 Å². The van der Waals surface area contributed by atoms with E-state index < -0.39 is 66.0 Å². The Morgan fingerprint density at radius 1 is 1.32 bits per heavy atom. The molecule has 0 aromatic carbocycles. The zero-order valence-corrected chi connectivity index (χ0v) is 16.1. The molecule has 126 valence electrons. The number of ether oxygens (including phenoxy) is 2.